The fourth-order valence-electron chi connectivity index (χ4n) is 1.75. The van der Waals surface area contributed by atoms with Gasteiger partial charge < -0.3 is 14.2 Å². The van der Waals surface area contributed by atoms with Crippen molar-refractivity contribution in [1.82, 2.24) is 0 Å². The zero-order valence-corrected chi connectivity index (χ0v) is 8.76. The van der Waals surface area contributed by atoms with Crippen LogP contribution in [0.1, 0.15) is 12.0 Å². The second kappa shape index (κ2) is 3.62. The molecule has 0 saturated carbocycles. The number of carbonyl (C=O) groups excluding carboxylic acids is 2. The molecule has 0 aromatic heterocycles. The summed E-state index contributed by atoms with van der Waals surface area (Å²) >= 11 is 0. The number of rotatable bonds is 1. The number of carbonyl (C=O) groups is 2. The Morgan fingerprint density at radius 1 is 1.12 bits per heavy atom. The number of esters is 2. The van der Waals surface area contributed by atoms with E-state index in [1.165, 1.54) is 0 Å². The van der Waals surface area contributed by atoms with E-state index in [1.54, 1.807) is 24.3 Å². The van der Waals surface area contributed by atoms with Crippen molar-refractivity contribution in [3.05, 3.63) is 29.3 Å². The normalized spacial score (nSPS) is 19.9. The maximum Gasteiger partial charge on any atom is 0.342 e. The lowest BCUT2D eigenvalue weighted by molar-refractivity contribution is -0.151. The number of cyclic esters (lactones) is 2. The van der Waals surface area contributed by atoms with Crippen molar-refractivity contribution in [3.8, 4) is 11.5 Å². The molecule has 0 bridgehead atoms. The van der Waals surface area contributed by atoms with Crippen molar-refractivity contribution in [2.45, 2.75) is 6.42 Å². The van der Waals surface area contributed by atoms with E-state index in [-0.39, 0.29) is 13.2 Å². The Bertz CT molecular complexity index is 544. The molecule has 0 spiro atoms. The number of hydrogen-bond donors (Lipinski definition) is 0. The number of benzene rings is 1. The third-order valence-electron chi connectivity index (χ3n) is 2.54. The molecule has 2 aliphatic rings. The van der Waals surface area contributed by atoms with Crippen LogP contribution >= 0.6 is 0 Å². The molecule has 0 radical (unpaired) electrons. The lowest BCUT2D eigenvalue weighted by Crippen LogP contribution is -1.96. The first-order valence-electron chi connectivity index (χ1n) is 5.07. The van der Waals surface area contributed by atoms with E-state index in [2.05, 4.69) is 4.74 Å². The van der Waals surface area contributed by atoms with E-state index in [4.69, 9.17) is 9.47 Å². The molecule has 2 aliphatic heterocycles. The zero-order chi connectivity index (χ0) is 11.8. The average Bonchev–Trinajstić information content (AvgIpc) is 2.85. The molecule has 86 valence electrons. The Labute approximate surface area is 96.6 Å². The SMILES string of the molecule is O=C1C/C(=C\c2ccc3c(c2)OCO3)C(=O)O1. The molecule has 1 saturated heterocycles. The van der Waals surface area contributed by atoms with Crippen LogP contribution in [0.25, 0.3) is 6.08 Å². The van der Waals surface area contributed by atoms with Gasteiger partial charge in [0.2, 0.25) is 6.79 Å². The van der Waals surface area contributed by atoms with Gasteiger partial charge in [-0.05, 0) is 23.8 Å². The molecular weight excluding hydrogens is 224 g/mol. The van der Waals surface area contributed by atoms with Crippen LogP contribution in [0.2, 0.25) is 0 Å². The Hall–Kier alpha value is -2.30. The maximum atomic E-state index is 11.3. The van der Waals surface area contributed by atoms with Crippen LogP contribution in [0.5, 0.6) is 11.5 Å². The molecule has 0 amide bonds. The topological polar surface area (TPSA) is 61.8 Å². The van der Waals surface area contributed by atoms with Crippen LogP contribution in [-0.4, -0.2) is 18.7 Å². The lowest BCUT2D eigenvalue weighted by Gasteiger charge is -1.98. The first kappa shape index (κ1) is 9.89. The third kappa shape index (κ3) is 1.75. The average molecular weight is 232 g/mol. The monoisotopic (exact) mass is 232 g/mol. The van der Waals surface area contributed by atoms with Crippen LogP contribution in [0.3, 0.4) is 0 Å². The van der Waals surface area contributed by atoms with Crippen LogP contribution in [0, 0.1) is 0 Å². The Morgan fingerprint density at radius 3 is 2.71 bits per heavy atom. The summed E-state index contributed by atoms with van der Waals surface area (Å²) in [5, 5.41) is 0. The van der Waals surface area contributed by atoms with Crippen molar-refractivity contribution in [2.24, 2.45) is 0 Å². The fraction of sp³-hybridized carbons (Fsp3) is 0.167. The summed E-state index contributed by atoms with van der Waals surface area (Å²) in [7, 11) is 0. The first-order valence-corrected chi connectivity index (χ1v) is 5.07. The van der Waals surface area contributed by atoms with E-state index in [0.29, 0.717) is 17.1 Å². The summed E-state index contributed by atoms with van der Waals surface area (Å²) in [6.07, 6.45) is 1.64. The van der Waals surface area contributed by atoms with Gasteiger partial charge in [-0.25, -0.2) is 4.79 Å². The predicted molar refractivity (Wildman–Crippen MR) is 56.3 cm³/mol. The Balaban J connectivity index is 1.93. The Kier molecular flexibility index (Phi) is 2.11. The number of ether oxygens (including phenoxy) is 3. The summed E-state index contributed by atoms with van der Waals surface area (Å²) in [4.78, 5) is 22.2. The van der Waals surface area contributed by atoms with Gasteiger partial charge in [0, 0.05) is 5.57 Å². The highest BCUT2D eigenvalue weighted by molar-refractivity contribution is 6.08. The Morgan fingerprint density at radius 2 is 1.94 bits per heavy atom. The van der Waals surface area contributed by atoms with E-state index in [1.807, 2.05) is 0 Å². The minimum Gasteiger partial charge on any atom is -0.454 e. The lowest BCUT2D eigenvalue weighted by atomic mass is 10.1. The maximum absolute atomic E-state index is 11.3. The van der Waals surface area contributed by atoms with Gasteiger partial charge in [0.1, 0.15) is 0 Å². The molecule has 17 heavy (non-hydrogen) atoms. The second-order valence-electron chi connectivity index (χ2n) is 3.72. The third-order valence-corrected chi connectivity index (χ3v) is 2.54. The molecule has 1 fully saturated rings. The number of hydrogen-bond acceptors (Lipinski definition) is 5. The highest BCUT2D eigenvalue weighted by Gasteiger charge is 2.26. The molecule has 0 atom stereocenters. The van der Waals surface area contributed by atoms with E-state index >= 15 is 0 Å². The van der Waals surface area contributed by atoms with Gasteiger partial charge in [-0.1, -0.05) is 6.07 Å². The molecule has 1 aromatic rings. The van der Waals surface area contributed by atoms with Gasteiger partial charge in [0.15, 0.2) is 11.5 Å². The fourth-order valence-corrected chi connectivity index (χ4v) is 1.75. The van der Waals surface area contributed by atoms with Gasteiger partial charge >= 0.3 is 11.9 Å². The van der Waals surface area contributed by atoms with E-state index in [0.717, 1.165) is 5.56 Å². The van der Waals surface area contributed by atoms with Crippen molar-refractivity contribution in [1.29, 1.82) is 0 Å². The van der Waals surface area contributed by atoms with Gasteiger partial charge in [-0.15, -0.1) is 0 Å². The molecule has 2 heterocycles. The summed E-state index contributed by atoms with van der Waals surface area (Å²) in [6, 6.07) is 5.30. The van der Waals surface area contributed by atoms with Crippen LogP contribution in [0.15, 0.2) is 23.8 Å². The van der Waals surface area contributed by atoms with Gasteiger partial charge in [-0.3, -0.25) is 4.79 Å². The highest BCUT2D eigenvalue weighted by Crippen LogP contribution is 2.33. The number of fused-ring (bicyclic) bond motifs is 1. The van der Waals surface area contributed by atoms with Crippen molar-refractivity contribution >= 4 is 18.0 Å². The van der Waals surface area contributed by atoms with Gasteiger partial charge in [0.25, 0.3) is 0 Å². The smallest absolute Gasteiger partial charge is 0.342 e. The minimum absolute atomic E-state index is 0.0211. The quantitative estimate of drug-likeness (QED) is 0.414. The van der Waals surface area contributed by atoms with E-state index in [9.17, 15) is 9.59 Å². The molecular formula is C12H8O5. The zero-order valence-electron chi connectivity index (χ0n) is 8.76. The minimum atomic E-state index is -0.576. The van der Waals surface area contributed by atoms with Gasteiger partial charge in [-0.2, -0.15) is 0 Å². The predicted octanol–water partition coefficient (Wildman–Crippen LogP) is 1.27. The van der Waals surface area contributed by atoms with Crippen LogP contribution in [-0.2, 0) is 14.3 Å². The van der Waals surface area contributed by atoms with E-state index < -0.39 is 11.9 Å². The summed E-state index contributed by atoms with van der Waals surface area (Å²) in [6.45, 7) is 0.204. The standard InChI is InChI=1S/C12H8O5/c13-11-5-8(12(14)17-11)3-7-1-2-9-10(4-7)16-6-15-9/h1-4H,5-6H2/b8-3+. The summed E-state index contributed by atoms with van der Waals surface area (Å²) < 4.78 is 14.8. The van der Waals surface area contributed by atoms with Crippen molar-refractivity contribution < 1.29 is 23.8 Å². The molecule has 1 aromatic carbocycles. The second-order valence-corrected chi connectivity index (χ2v) is 3.72. The molecule has 3 rings (SSSR count). The summed E-state index contributed by atoms with van der Waals surface area (Å²) in [5.74, 6) is 0.226. The first-order chi connectivity index (χ1) is 8.22. The summed E-state index contributed by atoms with van der Waals surface area (Å²) in [5.41, 5.74) is 1.13. The molecule has 5 heteroatoms. The van der Waals surface area contributed by atoms with Crippen LogP contribution in [0.4, 0.5) is 0 Å². The van der Waals surface area contributed by atoms with Gasteiger partial charge in [0.05, 0.1) is 6.42 Å². The highest BCUT2D eigenvalue weighted by atomic mass is 16.7. The van der Waals surface area contributed by atoms with Crippen LogP contribution < -0.4 is 9.47 Å². The van der Waals surface area contributed by atoms with Crippen molar-refractivity contribution in [3.63, 3.8) is 0 Å². The molecule has 0 unspecified atom stereocenters. The molecule has 0 aliphatic carbocycles. The van der Waals surface area contributed by atoms with Crippen molar-refractivity contribution in [2.75, 3.05) is 6.79 Å². The molecule has 5 nitrogen and oxygen atoms in total. The largest absolute Gasteiger partial charge is 0.454 e. The molecule has 0 N–H and O–H groups in total.